The Morgan fingerprint density at radius 2 is 2.40 bits per heavy atom. The van der Waals surface area contributed by atoms with Crippen LogP contribution in [0.5, 0.6) is 0 Å². The quantitative estimate of drug-likeness (QED) is 0.764. The van der Waals surface area contributed by atoms with Crippen LogP contribution in [0.4, 0.5) is 0 Å². The van der Waals surface area contributed by atoms with Gasteiger partial charge < -0.3 is 3.07 Å². The van der Waals surface area contributed by atoms with Crippen molar-refractivity contribution in [2.45, 2.75) is 6.42 Å². The minimum atomic E-state index is 0.734. The predicted molar refractivity (Wildman–Crippen MR) is 47.9 cm³/mol. The van der Waals surface area contributed by atoms with Gasteiger partial charge in [-0.3, -0.25) is 4.98 Å². The van der Waals surface area contributed by atoms with E-state index in [1.54, 1.807) is 6.20 Å². The van der Waals surface area contributed by atoms with E-state index in [-0.39, 0.29) is 0 Å². The third kappa shape index (κ3) is 2.62. The predicted octanol–water partition coefficient (Wildman–Crippen LogP) is 1.99. The van der Waals surface area contributed by atoms with E-state index in [9.17, 15) is 0 Å². The molecule has 1 aromatic rings. The Morgan fingerprint density at radius 1 is 1.50 bits per heavy atom. The summed E-state index contributed by atoms with van der Waals surface area (Å²) in [6, 6.07) is 5.89. The Hall–Kier alpha value is -0.160. The van der Waals surface area contributed by atoms with Crippen LogP contribution in [0.2, 0.25) is 0 Å². The Morgan fingerprint density at radius 3 is 3.00 bits per heavy atom. The average Bonchev–Trinajstić information content (AvgIpc) is 2.03. The fourth-order valence-electron chi connectivity index (χ4n) is 0.689. The van der Waals surface area contributed by atoms with Crippen molar-refractivity contribution in [1.82, 2.24) is 4.98 Å². The first-order valence-corrected chi connectivity index (χ1v) is 3.95. The van der Waals surface area contributed by atoms with Crippen molar-refractivity contribution >= 4 is 23.0 Å². The minimum Gasteiger partial charge on any atom is -0.315 e. The summed E-state index contributed by atoms with van der Waals surface area (Å²) in [6.07, 6.45) is 2.69. The van der Waals surface area contributed by atoms with Gasteiger partial charge in [0.25, 0.3) is 0 Å². The summed E-state index contributed by atoms with van der Waals surface area (Å²) in [4.78, 5) is 4.13. The van der Waals surface area contributed by atoms with Crippen molar-refractivity contribution in [1.29, 1.82) is 0 Å². The summed E-state index contributed by atoms with van der Waals surface area (Å²) < 4.78 is 4.88. The van der Waals surface area contributed by atoms with Gasteiger partial charge in [0.15, 0.2) is 0 Å². The van der Waals surface area contributed by atoms with Gasteiger partial charge in [-0.15, -0.1) is 0 Å². The van der Waals surface area contributed by atoms with E-state index >= 15 is 0 Å². The molecule has 1 rings (SSSR count). The van der Waals surface area contributed by atoms with Crippen molar-refractivity contribution in [2.24, 2.45) is 0 Å². The second-order valence-corrected chi connectivity index (χ2v) is 2.51. The first-order valence-electron chi connectivity index (χ1n) is 3.07. The molecule has 0 fully saturated rings. The molecule has 1 heterocycles. The largest absolute Gasteiger partial charge is 0.315 e. The molecule has 2 nitrogen and oxygen atoms in total. The number of halogens is 1. The summed E-state index contributed by atoms with van der Waals surface area (Å²) in [5, 5.41) is 0. The lowest BCUT2D eigenvalue weighted by atomic mass is 10.3. The second-order valence-electron chi connectivity index (χ2n) is 1.88. The third-order valence-corrected chi connectivity index (χ3v) is 1.60. The van der Waals surface area contributed by atoms with E-state index in [0.717, 1.165) is 18.7 Å². The van der Waals surface area contributed by atoms with Crippen LogP contribution < -0.4 is 0 Å². The molecule has 0 radical (unpaired) electrons. The molecule has 0 aliphatic carbocycles. The molecule has 0 aliphatic heterocycles. The van der Waals surface area contributed by atoms with E-state index in [0.29, 0.717) is 0 Å². The zero-order valence-corrected chi connectivity index (χ0v) is 7.61. The zero-order valence-electron chi connectivity index (χ0n) is 5.46. The molecule has 0 spiro atoms. The van der Waals surface area contributed by atoms with E-state index in [1.165, 1.54) is 0 Å². The normalized spacial score (nSPS) is 9.70. The summed E-state index contributed by atoms with van der Waals surface area (Å²) in [7, 11) is 0. The lowest BCUT2D eigenvalue weighted by Crippen LogP contribution is -1.93. The monoisotopic (exact) mass is 249 g/mol. The fourth-order valence-corrected chi connectivity index (χ4v) is 0.909. The average molecular weight is 249 g/mol. The Bertz CT molecular complexity index is 178. The van der Waals surface area contributed by atoms with Gasteiger partial charge in [0.1, 0.15) is 23.0 Å². The highest BCUT2D eigenvalue weighted by molar-refractivity contribution is 14.1. The van der Waals surface area contributed by atoms with Crippen LogP contribution in [0.15, 0.2) is 24.4 Å². The maximum atomic E-state index is 4.88. The topological polar surface area (TPSA) is 22.1 Å². The number of hydrogen-bond acceptors (Lipinski definition) is 2. The molecule has 0 amide bonds. The maximum Gasteiger partial charge on any atom is 0.109 e. The van der Waals surface area contributed by atoms with Crippen LogP contribution in [0.25, 0.3) is 0 Å². The lowest BCUT2D eigenvalue weighted by molar-refractivity contribution is 0.429. The zero-order chi connectivity index (χ0) is 7.23. The molecule has 54 valence electrons. The summed E-state index contributed by atoms with van der Waals surface area (Å²) in [6.45, 7) is 0.734. The van der Waals surface area contributed by atoms with Crippen LogP contribution in [0.3, 0.4) is 0 Å². The molecule has 3 heteroatoms. The fraction of sp³-hybridized carbons (Fsp3) is 0.286. The van der Waals surface area contributed by atoms with Gasteiger partial charge in [0.2, 0.25) is 0 Å². The lowest BCUT2D eigenvalue weighted by Gasteiger charge is -1.95. The van der Waals surface area contributed by atoms with Gasteiger partial charge in [0, 0.05) is 18.3 Å². The molecule has 0 aromatic carbocycles. The van der Waals surface area contributed by atoms with Crippen LogP contribution in [-0.2, 0) is 9.49 Å². The number of nitrogens with zero attached hydrogens (tertiary/aromatic N) is 1. The molecule has 0 aliphatic rings. The molecule has 1 aromatic heterocycles. The molecule has 0 saturated heterocycles. The van der Waals surface area contributed by atoms with E-state index < -0.39 is 0 Å². The molecule has 0 N–H and O–H groups in total. The van der Waals surface area contributed by atoms with Gasteiger partial charge >= 0.3 is 0 Å². The summed E-state index contributed by atoms with van der Waals surface area (Å²) >= 11 is 1.89. The third-order valence-electron chi connectivity index (χ3n) is 1.16. The highest BCUT2D eigenvalue weighted by atomic mass is 127. The Kier molecular flexibility index (Phi) is 3.67. The van der Waals surface area contributed by atoms with Crippen LogP contribution in [0, 0.1) is 0 Å². The number of pyridine rings is 1. The maximum absolute atomic E-state index is 4.88. The van der Waals surface area contributed by atoms with Crippen LogP contribution in [0.1, 0.15) is 5.69 Å². The summed E-state index contributed by atoms with van der Waals surface area (Å²) in [5.74, 6) is 0. The molecule has 10 heavy (non-hydrogen) atoms. The van der Waals surface area contributed by atoms with E-state index in [4.69, 9.17) is 3.07 Å². The van der Waals surface area contributed by atoms with Gasteiger partial charge in [0.05, 0.1) is 6.61 Å². The van der Waals surface area contributed by atoms with Crippen molar-refractivity contribution in [2.75, 3.05) is 6.61 Å². The molecular formula is C7H8INO. The number of rotatable bonds is 3. The van der Waals surface area contributed by atoms with Crippen LogP contribution >= 0.6 is 23.0 Å². The molecule has 0 saturated carbocycles. The number of aromatic nitrogens is 1. The van der Waals surface area contributed by atoms with E-state index in [1.807, 2.05) is 41.2 Å². The highest BCUT2D eigenvalue weighted by Gasteiger charge is 1.89. The van der Waals surface area contributed by atoms with Crippen molar-refractivity contribution < 1.29 is 3.07 Å². The Labute approximate surface area is 74.3 Å². The molecule has 0 atom stereocenters. The molecular weight excluding hydrogens is 241 g/mol. The van der Waals surface area contributed by atoms with Gasteiger partial charge in [-0.1, -0.05) is 6.07 Å². The first kappa shape index (κ1) is 7.94. The molecule has 0 unspecified atom stereocenters. The van der Waals surface area contributed by atoms with Crippen molar-refractivity contribution in [3.8, 4) is 0 Å². The van der Waals surface area contributed by atoms with Crippen molar-refractivity contribution in [3.63, 3.8) is 0 Å². The second kappa shape index (κ2) is 4.62. The number of hydrogen-bond donors (Lipinski definition) is 0. The minimum absolute atomic E-state index is 0.734. The van der Waals surface area contributed by atoms with Crippen LogP contribution in [-0.4, -0.2) is 11.6 Å². The Balaban J connectivity index is 2.43. The van der Waals surface area contributed by atoms with Crippen molar-refractivity contribution in [3.05, 3.63) is 30.1 Å². The van der Waals surface area contributed by atoms with Gasteiger partial charge in [-0.05, 0) is 12.1 Å². The molecule has 0 bridgehead atoms. The van der Waals surface area contributed by atoms with Gasteiger partial charge in [-0.25, -0.2) is 0 Å². The standard InChI is InChI=1S/C7H8INO/c8-10-6-4-7-3-1-2-5-9-7/h1-3,5H,4,6H2. The SMILES string of the molecule is IOCCc1ccccn1. The first-order chi connectivity index (χ1) is 4.93. The van der Waals surface area contributed by atoms with E-state index in [2.05, 4.69) is 4.98 Å². The van der Waals surface area contributed by atoms with Gasteiger partial charge in [-0.2, -0.15) is 0 Å². The summed E-state index contributed by atoms with van der Waals surface area (Å²) in [5.41, 5.74) is 1.08. The highest BCUT2D eigenvalue weighted by Crippen LogP contribution is 1.96. The smallest absolute Gasteiger partial charge is 0.109 e.